The van der Waals surface area contributed by atoms with Gasteiger partial charge in [-0.15, -0.1) is 0 Å². The minimum Gasteiger partial charge on any atom is -0.386 e. The van der Waals surface area contributed by atoms with Crippen LogP contribution in [-0.2, 0) is 4.74 Å². The fourth-order valence-corrected chi connectivity index (χ4v) is 3.34. The Morgan fingerprint density at radius 1 is 0.857 bits per heavy atom. The Hall–Kier alpha value is -2.36. The molecule has 2 aromatic rings. The SMILES string of the molecule is O=C1OC(=O)c2ccc(N3CCCCC3)c3cccc1c23. The summed E-state index contributed by atoms with van der Waals surface area (Å²) in [4.78, 5) is 26.2. The average Bonchev–Trinajstić information content (AvgIpc) is 2.53. The molecular formula is C17H15NO3. The van der Waals surface area contributed by atoms with Crippen LogP contribution in [-0.4, -0.2) is 25.0 Å². The molecule has 0 unspecified atom stereocenters. The van der Waals surface area contributed by atoms with Crippen LogP contribution in [0, 0.1) is 0 Å². The van der Waals surface area contributed by atoms with Gasteiger partial charge >= 0.3 is 11.9 Å². The Kier molecular flexibility index (Phi) is 2.70. The smallest absolute Gasteiger partial charge is 0.346 e. The first kappa shape index (κ1) is 12.4. The highest BCUT2D eigenvalue weighted by atomic mass is 16.6. The van der Waals surface area contributed by atoms with E-state index in [2.05, 4.69) is 4.90 Å². The molecule has 0 amide bonds. The molecule has 1 saturated heterocycles. The van der Waals surface area contributed by atoms with Crippen LogP contribution >= 0.6 is 0 Å². The minimum atomic E-state index is -0.547. The van der Waals surface area contributed by atoms with E-state index in [0.29, 0.717) is 11.1 Å². The quantitative estimate of drug-likeness (QED) is 0.595. The van der Waals surface area contributed by atoms with Crippen molar-refractivity contribution in [1.29, 1.82) is 0 Å². The second-order valence-corrected chi connectivity index (χ2v) is 5.59. The lowest BCUT2D eigenvalue weighted by Crippen LogP contribution is -2.30. The summed E-state index contributed by atoms with van der Waals surface area (Å²) in [6.07, 6.45) is 3.64. The number of hydrogen-bond acceptors (Lipinski definition) is 4. The molecule has 0 aliphatic carbocycles. The van der Waals surface area contributed by atoms with E-state index in [4.69, 9.17) is 4.74 Å². The zero-order chi connectivity index (χ0) is 14.4. The van der Waals surface area contributed by atoms with Gasteiger partial charge in [-0.1, -0.05) is 12.1 Å². The second-order valence-electron chi connectivity index (χ2n) is 5.59. The van der Waals surface area contributed by atoms with E-state index in [1.807, 2.05) is 18.2 Å². The zero-order valence-corrected chi connectivity index (χ0v) is 11.6. The van der Waals surface area contributed by atoms with Gasteiger partial charge in [0.05, 0.1) is 11.1 Å². The molecule has 0 spiro atoms. The van der Waals surface area contributed by atoms with Crippen molar-refractivity contribution in [3.05, 3.63) is 41.5 Å². The van der Waals surface area contributed by atoms with Crippen molar-refractivity contribution in [3.8, 4) is 0 Å². The lowest BCUT2D eigenvalue weighted by molar-refractivity contribution is 0.0391. The Labute approximate surface area is 122 Å². The molecule has 2 aromatic carbocycles. The standard InChI is InChI=1S/C17H15NO3/c19-16-12-6-4-5-11-14(18-9-2-1-3-10-18)8-7-13(15(11)12)17(20)21-16/h4-8H,1-3,9-10H2. The van der Waals surface area contributed by atoms with Crippen LogP contribution in [0.5, 0.6) is 0 Å². The Balaban J connectivity index is 1.98. The Bertz CT molecular complexity index is 740. The first-order chi connectivity index (χ1) is 10.3. The molecule has 4 heteroatoms. The topological polar surface area (TPSA) is 46.6 Å². The Morgan fingerprint density at radius 2 is 1.57 bits per heavy atom. The molecule has 0 radical (unpaired) electrons. The number of benzene rings is 2. The van der Waals surface area contributed by atoms with E-state index < -0.39 is 11.9 Å². The van der Waals surface area contributed by atoms with E-state index in [1.165, 1.54) is 19.3 Å². The summed E-state index contributed by atoms with van der Waals surface area (Å²) >= 11 is 0. The third-order valence-corrected chi connectivity index (χ3v) is 4.34. The number of carbonyl (C=O) groups is 2. The number of rotatable bonds is 1. The maximum Gasteiger partial charge on any atom is 0.346 e. The lowest BCUT2D eigenvalue weighted by Gasteiger charge is -2.30. The minimum absolute atomic E-state index is 0.487. The highest BCUT2D eigenvalue weighted by Crippen LogP contribution is 2.35. The van der Waals surface area contributed by atoms with Gasteiger partial charge in [-0.3, -0.25) is 0 Å². The largest absolute Gasteiger partial charge is 0.386 e. The van der Waals surface area contributed by atoms with Crippen LogP contribution in [0.2, 0.25) is 0 Å². The van der Waals surface area contributed by atoms with Gasteiger partial charge in [0.25, 0.3) is 0 Å². The van der Waals surface area contributed by atoms with Gasteiger partial charge in [-0.2, -0.15) is 0 Å². The zero-order valence-electron chi connectivity index (χ0n) is 11.6. The Morgan fingerprint density at radius 3 is 2.33 bits per heavy atom. The molecule has 1 fully saturated rings. The van der Waals surface area contributed by atoms with Crippen LogP contribution in [0.4, 0.5) is 5.69 Å². The first-order valence-corrected chi connectivity index (χ1v) is 7.33. The molecule has 2 aliphatic rings. The van der Waals surface area contributed by atoms with Gasteiger partial charge in [0, 0.05) is 29.5 Å². The average molecular weight is 281 g/mol. The van der Waals surface area contributed by atoms with Crippen LogP contribution in [0.3, 0.4) is 0 Å². The third-order valence-electron chi connectivity index (χ3n) is 4.34. The number of carbonyl (C=O) groups excluding carboxylic acids is 2. The summed E-state index contributed by atoms with van der Waals surface area (Å²) in [7, 11) is 0. The summed E-state index contributed by atoms with van der Waals surface area (Å²) in [6.45, 7) is 2.05. The number of esters is 2. The number of piperidine rings is 1. The van der Waals surface area contributed by atoms with Crippen molar-refractivity contribution in [2.24, 2.45) is 0 Å². The second kappa shape index (κ2) is 4.58. The molecule has 0 bridgehead atoms. The molecule has 2 aliphatic heterocycles. The number of nitrogens with zero attached hydrogens (tertiary/aromatic N) is 1. The van der Waals surface area contributed by atoms with Crippen LogP contribution in [0.15, 0.2) is 30.3 Å². The van der Waals surface area contributed by atoms with Crippen molar-refractivity contribution in [2.75, 3.05) is 18.0 Å². The molecule has 0 N–H and O–H groups in total. The third kappa shape index (κ3) is 1.82. The molecule has 0 saturated carbocycles. The predicted molar refractivity (Wildman–Crippen MR) is 79.8 cm³/mol. The molecule has 4 rings (SSSR count). The maximum absolute atomic E-state index is 11.9. The van der Waals surface area contributed by atoms with E-state index in [9.17, 15) is 9.59 Å². The van der Waals surface area contributed by atoms with Gasteiger partial charge < -0.3 is 9.64 Å². The lowest BCUT2D eigenvalue weighted by atomic mass is 9.95. The van der Waals surface area contributed by atoms with Crippen LogP contribution < -0.4 is 4.90 Å². The van der Waals surface area contributed by atoms with E-state index in [-0.39, 0.29) is 0 Å². The number of anilines is 1. The first-order valence-electron chi connectivity index (χ1n) is 7.33. The molecule has 0 atom stereocenters. The monoisotopic (exact) mass is 281 g/mol. The summed E-state index contributed by atoms with van der Waals surface area (Å²) in [5, 5.41) is 1.71. The molecule has 0 aromatic heterocycles. The number of ether oxygens (including phenoxy) is 1. The van der Waals surface area contributed by atoms with Gasteiger partial charge in [-0.05, 0) is 37.5 Å². The summed E-state index contributed by atoms with van der Waals surface area (Å²) in [5.74, 6) is -1.09. The molecule has 106 valence electrons. The van der Waals surface area contributed by atoms with Gasteiger partial charge in [0.2, 0.25) is 0 Å². The van der Waals surface area contributed by atoms with E-state index in [1.54, 1.807) is 12.1 Å². The highest BCUT2D eigenvalue weighted by molar-refractivity contribution is 6.22. The molecule has 21 heavy (non-hydrogen) atoms. The summed E-state index contributed by atoms with van der Waals surface area (Å²) < 4.78 is 4.80. The van der Waals surface area contributed by atoms with E-state index >= 15 is 0 Å². The van der Waals surface area contributed by atoms with Gasteiger partial charge in [-0.25, -0.2) is 9.59 Å². The summed E-state index contributed by atoms with van der Waals surface area (Å²) in [5.41, 5.74) is 2.08. The van der Waals surface area contributed by atoms with Crippen molar-refractivity contribution in [1.82, 2.24) is 0 Å². The fourth-order valence-electron chi connectivity index (χ4n) is 3.34. The number of hydrogen-bond donors (Lipinski definition) is 0. The number of cyclic esters (lactones) is 2. The van der Waals surface area contributed by atoms with Crippen molar-refractivity contribution < 1.29 is 14.3 Å². The van der Waals surface area contributed by atoms with Gasteiger partial charge in [0.1, 0.15) is 0 Å². The maximum atomic E-state index is 11.9. The highest BCUT2D eigenvalue weighted by Gasteiger charge is 2.28. The predicted octanol–water partition coefficient (Wildman–Crippen LogP) is 3.14. The van der Waals surface area contributed by atoms with Crippen molar-refractivity contribution in [2.45, 2.75) is 19.3 Å². The molecule has 2 heterocycles. The normalized spacial score (nSPS) is 18.0. The fraction of sp³-hybridized carbons (Fsp3) is 0.294. The molecule has 4 nitrogen and oxygen atoms in total. The van der Waals surface area contributed by atoms with Gasteiger partial charge in [0.15, 0.2) is 0 Å². The van der Waals surface area contributed by atoms with Crippen molar-refractivity contribution >= 4 is 28.4 Å². The van der Waals surface area contributed by atoms with Crippen LogP contribution in [0.25, 0.3) is 10.8 Å². The van der Waals surface area contributed by atoms with E-state index in [0.717, 1.165) is 29.5 Å². The van der Waals surface area contributed by atoms with Crippen LogP contribution in [0.1, 0.15) is 40.0 Å². The molecular weight excluding hydrogens is 266 g/mol. The van der Waals surface area contributed by atoms with Crippen molar-refractivity contribution in [3.63, 3.8) is 0 Å². The summed E-state index contributed by atoms with van der Waals surface area (Å²) in [6, 6.07) is 9.32.